The molecule has 148 valence electrons. The fourth-order valence-corrected chi connectivity index (χ4v) is 2.70. The molecule has 0 heterocycles. The van der Waals surface area contributed by atoms with E-state index in [0.717, 1.165) is 31.2 Å². The Kier molecular flexibility index (Phi) is 8.28. The Hall–Kier alpha value is -3.08. The van der Waals surface area contributed by atoms with Crippen molar-refractivity contribution in [3.8, 4) is 16.9 Å². The van der Waals surface area contributed by atoms with Gasteiger partial charge in [0.15, 0.2) is 0 Å². The van der Waals surface area contributed by atoms with Gasteiger partial charge in [0.1, 0.15) is 5.75 Å². The van der Waals surface area contributed by atoms with Gasteiger partial charge in [0.2, 0.25) is 0 Å². The van der Waals surface area contributed by atoms with Crippen LogP contribution in [0, 0.1) is 0 Å². The first-order valence-electron chi connectivity index (χ1n) is 9.37. The van der Waals surface area contributed by atoms with Gasteiger partial charge in [-0.25, -0.2) is 9.59 Å². The number of unbranched alkanes of at least 4 members (excludes halogenated alkanes) is 3. The smallest absolute Gasteiger partial charge is 0.336 e. The van der Waals surface area contributed by atoms with Gasteiger partial charge in [0.05, 0.1) is 18.8 Å². The Morgan fingerprint density at radius 3 is 2.29 bits per heavy atom. The average molecular weight is 382 g/mol. The molecule has 0 atom stereocenters. The van der Waals surface area contributed by atoms with Crippen LogP contribution in [0.4, 0.5) is 0 Å². The van der Waals surface area contributed by atoms with E-state index < -0.39 is 5.97 Å². The molecule has 0 bridgehead atoms. The van der Waals surface area contributed by atoms with E-state index in [2.05, 4.69) is 6.58 Å². The molecule has 0 aliphatic rings. The summed E-state index contributed by atoms with van der Waals surface area (Å²) < 4.78 is 10.7. The lowest BCUT2D eigenvalue weighted by molar-refractivity contribution is -0.139. The molecular weight excluding hydrogens is 356 g/mol. The second-order valence-electron chi connectivity index (χ2n) is 6.56. The van der Waals surface area contributed by atoms with Gasteiger partial charge >= 0.3 is 11.9 Å². The molecule has 0 aliphatic carbocycles. The lowest BCUT2D eigenvalue weighted by Gasteiger charge is -2.11. The fraction of sp³-hybridized carbons (Fsp3) is 0.304. The summed E-state index contributed by atoms with van der Waals surface area (Å²) in [6.45, 7) is 6.07. The highest BCUT2D eigenvalue weighted by atomic mass is 16.5. The highest BCUT2D eigenvalue weighted by Crippen LogP contribution is 2.27. The Balaban J connectivity index is 1.77. The highest BCUT2D eigenvalue weighted by Gasteiger charge is 2.13. The van der Waals surface area contributed by atoms with Gasteiger partial charge in [-0.15, -0.1) is 0 Å². The maximum Gasteiger partial charge on any atom is 0.336 e. The van der Waals surface area contributed by atoms with E-state index in [0.29, 0.717) is 30.1 Å². The molecule has 2 aromatic rings. The van der Waals surface area contributed by atoms with Crippen molar-refractivity contribution < 1.29 is 24.2 Å². The van der Waals surface area contributed by atoms with Crippen LogP contribution >= 0.6 is 0 Å². The van der Waals surface area contributed by atoms with Gasteiger partial charge in [-0.2, -0.15) is 0 Å². The lowest BCUT2D eigenvalue weighted by atomic mass is 9.99. The number of carbonyl (C=O) groups excluding carboxylic acids is 1. The number of carboxylic acid groups (broad SMARTS) is 1. The summed E-state index contributed by atoms with van der Waals surface area (Å²) in [6.07, 6.45) is 3.52. The zero-order valence-corrected chi connectivity index (χ0v) is 16.1. The minimum Gasteiger partial charge on any atom is -0.494 e. The predicted molar refractivity (Wildman–Crippen MR) is 109 cm³/mol. The van der Waals surface area contributed by atoms with Crippen molar-refractivity contribution in [2.75, 3.05) is 13.2 Å². The molecule has 2 rings (SSSR count). The van der Waals surface area contributed by atoms with Gasteiger partial charge in [-0.1, -0.05) is 36.9 Å². The van der Waals surface area contributed by atoms with E-state index in [1.54, 1.807) is 25.1 Å². The quantitative estimate of drug-likeness (QED) is 0.332. The van der Waals surface area contributed by atoms with E-state index in [4.69, 9.17) is 9.47 Å². The number of carbonyl (C=O) groups is 2. The van der Waals surface area contributed by atoms with E-state index in [-0.39, 0.29) is 11.5 Å². The third kappa shape index (κ3) is 6.58. The Morgan fingerprint density at radius 2 is 1.64 bits per heavy atom. The number of aromatic carboxylic acids is 1. The number of benzene rings is 2. The van der Waals surface area contributed by atoms with Crippen molar-refractivity contribution in [2.24, 2.45) is 0 Å². The molecule has 2 aromatic carbocycles. The van der Waals surface area contributed by atoms with Crippen molar-refractivity contribution in [1.82, 2.24) is 0 Å². The summed E-state index contributed by atoms with van der Waals surface area (Å²) >= 11 is 0. The zero-order chi connectivity index (χ0) is 20.4. The minimum atomic E-state index is -0.978. The SMILES string of the molecule is C=C(C)C(=O)OCCCCCCOc1ccc(-c2ccccc2)c(C(=O)O)c1. The third-order valence-electron chi connectivity index (χ3n) is 4.20. The summed E-state index contributed by atoms with van der Waals surface area (Å²) in [4.78, 5) is 22.9. The Morgan fingerprint density at radius 1 is 0.964 bits per heavy atom. The number of rotatable bonds is 11. The molecule has 0 saturated carbocycles. The van der Waals surface area contributed by atoms with Gasteiger partial charge in [0, 0.05) is 5.57 Å². The molecule has 0 radical (unpaired) electrons. The number of ether oxygens (including phenoxy) is 2. The second kappa shape index (κ2) is 10.9. The van der Waals surface area contributed by atoms with Crippen molar-refractivity contribution in [3.63, 3.8) is 0 Å². The number of hydrogen-bond acceptors (Lipinski definition) is 4. The number of hydrogen-bond donors (Lipinski definition) is 1. The third-order valence-corrected chi connectivity index (χ3v) is 4.20. The molecular formula is C23H26O5. The Labute approximate surface area is 165 Å². The lowest BCUT2D eigenvalue weighted by Crippen LogP contribution is -2.06. The molecule has 0 amide bonds. The highest BCUT2D eigenvalue weighted by molar-refractivity contribution is 5.96. The van der Waals surface area contributed by atoms with E-state index in [1.165, 1.54) is 0 Å². The van der Waals surface area contributed by atoms with Crippen LogP contribution in [0.2, 0.25) is 0 Å². The summed E-state index contributed by atoms with van der Waals surface area (Å²) in [5.74, 6) is -0.780. The van der Waals surface area contributed by atoms with E-state index in [1.807, 2.05) is 30.3 Å². The van der Waals surface area contributed by atoms with Crippen molar-refractivity contribution >= 4 is 11.9 Å². The molecule has 0 saturated heterocycles. The summed E-state index contributed by atoms with van der Waals surface area (Å²) in [7, 11) is 0. The van der Waals surface area contributed by atoms with Crippen LogP contribution in [0.25, 0.3) is 11.1 Å². The standard InChI is InChI=1S/C23H26O5/c1-17(2)23(26)28-15-9-4-3-8-14-27-19-12-13-20(21(16-19)22(24)25)18-10-6-5-7-11-18/h5-7,10-13,16H,1,3-4,8-9,14-15H2,2H3,(H,24,25). The zero-order valence-electron chi connectivity index (χ0n) is 16.1. The molecule has 1 N–H and O–H groups in total. The molecule has 0 spiro atoms. The number of esters is 1. The van der Waals surface area contributed by atoms with Gasteiger partial charge in [0.25, 0.3) is 0 Å². The van der Waals surface area contributed by atoms with E-state index >= 15 is 0 Å². The summed E-state index contributed by atoms with van der Waals surface area (Å²) in [5.41, 5.74) is 2.17. The summed E-state index contributed by atoms with van der Waals surface area (Å²) in [6, 6.07) is 14.6. The molecule has 0 aliphatic heterocycles. The first kappa shape index (κ1) is 21.2. The van der Waals surface area contributed by atoms with Crippen LogP contribution in [-0.4, -0.2) is 30.3 Å². The van der Waals surface area contributed by atoms with E-state index in [9.17, 15) is 14.7 Å². The van der Waals surface area contributed by atoms with Crippen LogP contribution < -0.4 is 4.74 Å². The maximum atomic E-state index is 11.6. The molecule has 0 fully saturated rings. The van der Waals surface area contributed by atoms with Crippen LogP contribution in [0.3, 0.4) is 0 Å². The normalized spacial score (nSPS) is 10.3. The second-order valence-corrected chi connectivity index (χ2v) is 6.56. The molecule has 0 aromatic heterocycles. The topological polar surface area (TPSA) is 72.8 Å². The molecule has 28 heavy (non-hydrogen) atoms. The molecule has 5 heteroatoms. The van der Waals surface area contributed by atoms with Crippen molar-refractivity contribution in [3.05, 3.63) is 66.2 Å². The predicted octanol–water partition coefficient (Wildman–Crippen LogP) is 5.11. The van der Waals surface area contributed by atoms with Crippen LogP contribution in [0.15, 0.2) is 60.7 Å². The average Bonchev–Trinajstić information content (AvgIpc) is 2.70. The van der Waals surface area contributed by atoms with Gasteiger partial charge in [-0.05, 0) is 61.9 Å². The van der Waals surface area contributed by atoms with Gasteiger partial charge < -0.3 is 14.6 Å². The van der Waals surface area contributed by atoms with Gasteiger partial charge in [-0.3, -0.25) is 0 Å². The number of carboxylic acids is 1. The van der Waals surface area contributed by atoms with Crippen molar-refractivity contribution in [2.45, 2.75) is 32.6 Å². The Bertz CT molecular complexity index is 811. The minimum absolute atomic E-state index is 0.225. The van der Waals surface area contributed by atoms with Crippen LogP contribution in [-0.2, 0) is 9.53 Å². The maximum absolute atomic E-state index is 11.6. The largest absolute Gasteiger partial charge is 0.494 e. The first-order chi connectivity index (χ1) is 13.5. The molecule has 0 unspecified atom stereocenters. The van der Waals surface area contributed by atoms with Crippen LogP contribution in [0.5, 0.6) is 5.75 Å². The first-order valence-corrected chi connectivity index (χ1v) is 9.37. The fourth-order valence-electron chi connectivity index (χ4n) is 2.70. The monoisotopic (exact) mass is 382 g/mol. The van der Waals surface area contributed by atoms with Crippen LogP contribution in [0.1, 0.15) is 43.0 Å². The molecule has 5 nitrogen and oxygen atoms in total. The van der Waals surface area contributed by atoms with Crippen molar-refractivity contribution in [1.29, 1.82) is 0 Å². The summed E-state index contributed by atoms with van der Waals surface area (Å²) in [5, 5.41) is 9.52.